The van der Waals surface area contributed by atoms with E-state index < -0.39 is 0 Å². The second-order valence-corrected chi connectivity index (χ2v) is 4.03. The minimum absolute atomic E-state index is 0.0932. The highest BCUT2D eigenvalue weighted by atomic mass is 32.1. The quantitative estimate of drug-likeness (QED) is 0.807. The second-order valence-electron chi connectivity index (χ2n) is 3.17. The summed E-state index contributed by atoms with van der Waals surface area (Å²) in [6.45, 7) is 4.06. The summed E-state index contributed by atoms with van der Waals surface area (Å²) in [5.74, 6) is -0.111. The molecule has 0 aliphatic carbocycles. The molecule has 1 aromatic heterocycles. The molecule has 0 saturated carbocycles. The van der Waals surface area contributed by atoms with Gasteiger partial charge in [-0.25, -0.2) is 0 Å². The summed E-state index contributed by atoms with van der Waals surface area (Å²) in [5, 5.41) is 4.48. The fourth-order valence-electron chi connectivity index (χ4n) is 0.985. The van der Waals surface area contributed by atoms with Crippen molar-refractivity contribution in [1.29, 1.82) is 0 Å². The van der Waals surface area contributed by atoms with E-state index in [1.165, 1.54) is 4.57 Å². The number of hydrogen-bond acceptors (Lipinski definition) is 3. The number of thiazole rings is 1. The summed E-state index contributed by atoms with van der Waals surface area (Å²) >= 11 is 1.10. The lowest BCUT2D eigenvalue weighted by Gasteiger charge is -2.10. The molecule has 78 valence electrons. The molecule has 1 unspecified atom stereocenters. The summed E-state index contributed by atoms with van der Waals surface area (Å²) in [7, 11) is 0. The fraction of sp³-hybridized carbons (Fsp3) is 0.556. The van der Waals surface area contributed by atoms with Crippen LogP contribution >= 0.6 is 11.3 Å². The zero-order valence-electron chi connectivity index (χ0n) is 8.32. The van der Waals surface area contributed by atoms with Crippen LogP contribution in [0.5, 0.6) is 0 Å². The SMILES string of the molecule is CCC(C)NC(=O)Cn1ccsc1=O. The summed E-state index contributed by atoms with van der Waals surface area (Å²) in [5.41, 5.74) is 0. The highest BCUT2D eigenvalue weighted by Crippen LogP contribution is 1.91. The summed E-state index contributed by atoms with van der Waals surface area (Å²) in [4.78, 5) is 22.4. The Morgan fingerprint density at radius 1 is 1.71 bits per heavy atom. The third-order valence-corrected chi connectivity index (χ3v) is 2.67. The van der Waals surface area contributed by atoms with E-state index in [0.717, 1.165) is 17.8 Å². The largest absolute Gasteiger partial charge is 0.352 e. The first-order valence-corrected chi connectivity index (χ1v) is 5.44. The Hall–Kier alpha value is -1.10. The van der Waals surface area contributed by atoms with Crippen molar-refractivity contribution in [2.45, 2.75) is 32.9 Å². The molecular formula is C9H14N2O2S. The third-order valence-electron chi connectivity index (χ3n) is 1.98. The Kier molecular flexibility index (Phi) is 3.88. The predicted molar refractivity (Wildman–Crippen MR) is 56.5 cm³/mol. The van der Waals surface area contributed by atoms with Gasteiger partial charge in [0, 0.05) is 17.6 Å². The monoisotopic (exact) mass is 214 g/mol. The van der Waals surface area contributed by atoms with Gasteiger partial charge >= 0.3 is 4.87 Å². The molecule has 0 aliphatic heterocycles. The first-order chi connectivity index (χ1) is 6.63. The van der Waals surface area contributed by atoms with E-state index in [1.54, 1.807) is 11.6 Å². The molecule has 0 bridgehead atoms. The first-order valence-electron chi connectivity index (χ1n) is 4.56. The van der Waals surface area contributed by atoms with Crippen LogP contribution in [0.1, 0.15) is 20.3 Å². The van der Waals surface area contributed by atoms with Crippen LogP contribution in [0.2, 0.25) is 0 Å². The summed E-state index contributed by atoms with van der Waals surface area (Å²) in [6, 6.07) is 0.164. The Balaban J connectivity index is 2.50. The van der Waals surface area contributed by atoms with E-state index in [2.05, 4.69) is 5.32 Å². The lowest BCUT2D eigenvalue weighted by atomic mass is 10.2. The number of rotatable bonds is 4. The van der Waals surface area contributed by atoms with Gasteiger partial charge in [-0.15, -0.1) is 0 Å². The van der Waals surface area contributed by atoms with Crippen LogP contribution in [0.3, 0.4) is 0 Å². The lowest BCUT2D eigenvalue weighted by molar-refractivity contribution is -0.122. The van der Waals surface area contributed by atoms with Gasteiger partial charge in [0.1, 0.15) is 6.54 Å². The molecule has 1 amide bonds. The first kappa shape index (κ1) is 11.0. The maximum absolute atomic E-state index is 11.4. The van der Waals surface area contributed by atoms with Crippen molar-refractivity contribution in [3.05, 3.63) is 21.2 Å². The number of carbonyl (C=O) groups excluding carboxylic acids is 1. The zero-order valence-corrected chi connectivity index (χ0v) is 9.13. The average Bonchev–Trinajstić information content (AvgIpc) is 2.51. The number of hydrogen-bond donors (Lipinski definition) is 1. The van der Waals surface area contributed by atoms with Gasteiger partial charge in [-0.1, -0.05) is 18.3 Å². The van der Waals surface area contributed by atoms with Gasteiger partial charge in [0.15, 0.2) is 0 Å². The smallest absolute Gasteiger partial charge is 0.307 e. The van der Waals surface area contributed by atoms with Crippen LogP contribution < -0.4 is 10.2 Å². The zero-order chi connectivity index (χ0) is 10.6. The number of nitrogens with zero attached hydrogens (tertiary/aromatic N) is 1. The Morgan fingerprint density at radius 3 is 2.93 bits per heavy atom. The molecule has 1 atom stereocenters. The van der Waals surface area contributed by atoms with E-state index >= 15 is 0 Å². The summed E-state index contributed by atoms with van der Waals surface area (Å²) < 4.78 is 1.41. The van der Waals surface area contributed by atoms with Crippen LogP contribution in [-0.2, 0) is 11.3 Å². The predicted octanol–water partition coefficient (Wildman–Crippen LogP) is 0.825. The number of amides is 1. The standard InChI is InChI=1S/C9H14N2O2S/c1-3-7(2)10-8(12)6-11-4-5-14-9(11)13/h4-5,7H,3,6H2,1-2H3,(H,10,12). The molecule has 0 aliphatic rings. The van der Waals surface area contributed by atoms with Crippen LogP contribution in [0.4, 0.5) is 0 Å². The molecule has 0 radical (unpaired) electrons. The van der Waals surface area contributed by atoms with Crippen molar-refractivity contribution in [1.82, 2.24) is 9.88 Å². The Bertz CT molecular complexity index is 356. The molecule has 1 heterocycles. The minimum atomic E-state index is -0.111. The molecule has 1 rings (SSSR count). The molecule has 0 fully saturated rings. The molecule has 1 aromatic rings. The van der Waals surface area contributed by atoms with Crippen LogP contribution in [0.25, 0.3) is 0 Å². The highest BCUT2D eigenvalue weighted by molar-refractivity contribution is 7.07. The van der Waals surface area contributed by atoms with Gasteiger partial charge in [-0.05, 0) is 13.3 Å². The van der Waals surface area contributed by atoms with Crippen LogP contribution in [-0.4, -0.2) is 16.5 Å². The Labute approximate surface area is 86.6 Å². The van der Waals surface area contributed by atoms with Crippen molar-refractivity contribution in [2.75, 3.05) is 0 Å². The van der Waals surface area contributed by atoms with Gasteiger partial charge in [-0.3, -0.25) is 14.2 Å². The topological polar surface area (TPSA) is 51.1 Å². The van der Waals surface area contributed by atoms with Gasteiger partial charge < -0.3 is 5.32 Å². The second kappa shape index (κ2) is 4.95. The normalized spacial score (nSPS) is 12.4. The van der Waals surface area contributed by atoms with E-state index in [0.29, 0.717) is 0 Å². The number of carbonyl (C=O) groups is 1. The van der Waals surface area contributed by atoms with Crippen LogP contribution in [0, 0.1) is 0 Å². The van der Waals surface area contributed by atoms with E-state index in [-0.39, 0.29) is 23.4 Å². The molecule has 0 spiro atoms. The Morgan fingerprint density at radius 2 is 2.43 bits per heavy atom. The number of nitrogens with one attached hydrogen (secondary N) is 1. The maximum atomic E-state index is 11.4. The maximum Gasteiger partial charge on any atom is 0.307 e. The highest BCUT2D eigenvalue weighted by Gasteiger charge is 2.07. The van der Waals surface area contributed by atoms with Crippen molar-refractivity contribution < 1.29 is 4.79 Å². The molecular weight excluding hydrogens is 200 g/mol. The van der Waals surface area contributed by atoms with Crippen LogP contribution in [0.15, 0.2) is 16.4 Å². The average molecular weight is 214 g/mol. The van der Waals surface area contributed by atoms with Gasteiger partial charge in [-0.2, -0.15) is 0 Å². The third kappa shape index (κ3) is 2.99. The molecule has 1 N–H and O–H groups in total. The van der Waals surface area contributed by atoms with E-state index in [4.69, 9.17) is 0 Å². The van der Waals surface area contributed by atoms with Gasteiger partial charge in [0.05, 0.1) is 0 Å². The summed E-state index contributed by atoms with van der Waals surface area (Å²) in [6.07, 6.45) is 2.52. The molecule has 5 heteroatoms. The fourth-order valence-corrected chi connectivity index (χ4v) is 1.57. The molecule has 0 saturated heterocycles. The van der Waals surface area contributed by atoms with Crippen molar-refractivity contribution in [3.63, 3.8) is 0 Å². The lowest BCUT2D eigenvalue weighted by Crippen LogP contribution is -2.36. The van der Waals surface area contributed by atoms with Gasteiger partial charge in [0.25, 0.3) is 0 Å². The molecule has 14 heavy (non-hydrogen) atoms. The van der Waals surface area contributed by atoms with Crippen molar-refractivity contribution in [3.8, 4) is 0 Å². The molecule has 4 nitrogen and oxygen atoms in total. The van der Waals surface area contributed by atoms with Crippen molar-refractivity contribution in [2.24, 2.45) is 0 Å². The van der Waals surface area contributed by atoms with E-state index in [9.17, 15) is 9.59 Å². The number of aromatic nitrogens is 1. The van der Waals surface area contributed by atoms with Crippen molar-refractivity contribution >= 4 is 17.2 Å². The van der Waals surface area contributed by atoms with E-state index in [1.807, 2.05) is 13.8 Å². The molecule has 0 aromatic carbocycles. The van der Waals surface area contributed by atoms with Gasteiger partial charge in [0.2, 0.25) is 5.91 Å². The minimum Gasteiger partial charge on any atom is -0.352 e.